The van der Waals surface area contributed by atoms with Gasteiger partial charge in [-0.05, 0) is 55.7 Å². The number of halogens is 3. The van der Waals surface area contributed by atoms with Crippen molar-refractivity contribution >= 4 is 34.8 Å². The fourth-order valence-electron chi connectivity index (χ4n) is 2.81. The highest BCUT2D eigenvalue weighted by Gasteiger charge is 2.28. The minimum absolute atomic E-state index is 0.474. The summed E-state index contributed by atoms with van der Waals surface area (Å²) in [5.74, 6) is 0.620. The van der Waals surface area contributed by atoms with E-state index in [9.17, 15) is 0 Å². The maximum absolute atomic E-state index is 6.34. The number of hydrogen-bond donors (Lipinski definition) is 0. The van der Waals surface area contributed by atoms with Gasteiger partial charge in [-0.3, -0.25) is 0 Å². The van der Waals surface area contributed by atoms with E-state index >= 15 is 0 Å². The zero-order chi connectivity index (χ0) is 18.6. The van der Waals surface area contributed by atoms with Crippen LogP contribution in [0, 0.1) is 0 Å². The van der Waals surface area contributed by atoms with Crippen LogP contribution >= 0.6 is 34.8 Å². The summed E-state index contributed by atoms with van der Waals surface area (Å²) >= 11 is 18.3. The predicted octanol–water partition coefficient (Wildman–Crippen LogP) is 6.31. The Hall–Kier alpha value is -1.68. The number of aryl methyl sites for hydroxylation is 1. The Morgan fingerprint density at radius 3 is 2.42 bits per heavy atom. The molecule has 0 aliphatic rings. The largest absolute Gasteiger partial charge is 0.484 e. The third kappa shape index (κ3) is 5.16. The van der Waals surface area contributed by atoms with Crippen LogP contribution in [0.2, 0.25) is 15.1 Å². The quantitative estimate of drug-likeness (QED) is 0.457. The molecule has 0 saturated carbocycles. The minimum Gasteiger partial charge on any atom is -0.484 e. The Bertz CT molecular complexity index is 850. The summed E-state index contributed by atoms with van der Waals surface area (Å²) in [6.07, 6.45) is 7.12. The molecule has 3 rings (SSSR count). The van der Waals surface area contributed by atoms with Crippen LogP contribution in [0.3, 0.4) is 0 Å². The average Bonchev–Trinajstić information content (AvgIpc) is 3.10. The van der Waals surface area contributed by atoms with Gasteiger partial charge in [0.1, 0.15) is 11.4 Å². The molecule has 1 aromatic heterocycles. The molecule has 0 saturated heterocycles. The highest BCUT2D eigenvalue weighted by molar-refractivity contribution is 6.35. The molecule has 2 aromatic carbocycles. The van der Waals surface area contributed by atoms with Crippen molar-refractivity contribution < 1.29 is 4.74 Å². The van der Waals surface area contributed by atoms with Gasteiger partial charge in [0.15, 0.2) is 0 Å². The lowest BCUT2D eigenvalue weighted by Gasteiger charge is -2.32. The lowest BCUT2D eigenvalue weighted by molar-refractivity contribution is 0.0606. The average molecular weight is 410 g/mol. The number of benzene rings is 2. The SMILES string of the molecule is CC(CCc1ccc(Cl)cc1)(Cn1ccnc1)Oc1ccc(Cl)cc1Cl. The molecule has 3 nitrogen and oxygen atoms in total. The molecule has 0 fully saturated rings. The van der Waals surface area contributed by atoms with Gasteiger partial charge >= 0.3 is 0 Å². The van der Waals surface area contributed by atoms with E-state index in [4.69, 9.17) is 39.5 Å². The first kappa shape index (κ1) is 19.1. The van der Waals surface area contributed by atoms with Crippen LogP contribution in [0.15, 0.2) is 61.2 Å². The molecular weight excluding hydrogens is 391 g/mol. The van der Waals surface area contributed by atoms with Gasteiger partial charge in [-0.2, -0.15) is 0 Å². The third-order valence-electron chi connectivity index (χ3n) is 4.18. The molecule has 0 amide bonds. The second-order valence-electron chi connectivity index (χ2n) is 6.49. The lowest BCUT2D eigenvalue weighted by atomic mass is 9.96. The summed E-state index contributed by atoms with van der Waals surface area (Å²) in [5, 5.41) is 1.82. The molecule has 6 heteroatoms. The van der Waals surface area contributed by atoms with E-state index < -0.39 is 5.60 Å². The van der Waals surface area contributed by atoms with E-state index in [1.54, 1.807) is 30.7 Å². The van der Waals surface area contributed by atoms with E-state index in [0.29, 0.717) is 22.3 Å². The number of hydrogen-bond acceptors (Lipinski definition) is 2. The van der Waals surface area contributed by atoms with E-state index in [2.05, 4.69) is 11.9 Å². The Morgan fingerprint density at radius 1 is 1.04 bits per heavy atom. The van der Waals surface area contributed by atoms with Crippen LogP contribution in [0.25, 0.3) is 0 Å². The summed E-state index contributed by atoms with van der Waals surface area (Å²) in [6.45, 7) is 2.73. The number of aromatic nitrogens is 2. The summed E-state index contributed by atoms with van der Waals surface area (Å²) < 4.78 is 8.35. The molecular formula is C20H19Cl3N2O. The van der Waals surface area contributed by atoms with Crippen LogP contribution in [0.5, 0.6) is 5.75 Å². The van der Waals surface area contributed by atoms with Gasteiger partial charge in [-0.15, -0.1) is 0 Å². The standard InChI is InChI=1S/C20H19Cl3N2O/c1-20(13-25-11-10-24-14-25,9-8-15-2-4-16(21)5-3-15)26-19-7-6-17(22)12-18(19)23/h2-7,10-12,14H,8-9,13H2,1H3. The van der Waals surface area contributed by atoms with Gasteiger partial charge < -0.3 is 9.30 Å². The van der Waals surface area contributed by atoms with Crippen molar-refractivity contribution in [2.45, 2.75) is 31.9 Å². The van der Waals surface area contributed by atoms with Gasteiger partial charge in [0.2, 0.25) is 0 Å². The van der Waals surface area contributed by atoms with Crippen LogP contribution in [0.1, 0.15) is 18.9 Å². The van der Waals surface area contributed by atoms with Gasteiger partial charge in [0.05, 0.1) is 17.9 Å². The van der Waals surface area contributed by atoms with Crippen LogP contribution in [0.4, 0.5) is 0 Å². The first-order valence-corrected chi connectivity index (χ1v) is 9.41. The van der Waals surface area contributed by atoms with Gasteiger partial charge in [-0.1, -0.05) is 46.9 Å². The maximum Gasteiger partial charge on any atom is 0.138 e. The van der Waals surface area contributed by atoms with Crippen molar-refractivity contribution in [2.75, 3.05) is 0 Å². The van der Waals surface area contributed by atoms with E-state index in [1.165, 1.54) is 5.56 Å². The molecule has 3 aromatic rings. The van der Waals surface area contributed by atoms with Crippen LogP contribution in [-0.4, -0.2) is 15.2 Å². The topological polar surface area (TPSA) is 27.1 Å². The van der Waals surface area contributed by atoms with Crippen molar-refractivity contribution in [3.05, 3.63) is 81.8 Å². The second kappa shape index (κ2) is 8.34. The Morgan fingerprint density at radius 2 is 1.77 bits per heavy atom. The first-order chi connectivity index (χ1) is 12.4. The summed E-state index contributed by atoms with van der Waals surface area (Å²) in [5.41, 5.74) is 0.731. The smallest absolute Gasteiger partial charge is 0.138 e. The molecule has 136 valence electrons. The molecule has 0 aliphatic carbocycles. The highest BCUT2D eigenvalue weighted by Crippen LogP contribution is 2.32. The summed E-state index contributed by atoms with van der Waals surface area (Å²) in [4.78, 5) is 4.12. The van der Waals surface area contributed by atoms with E-state index in [-0.39, 0.29) is 0 Å². The molecule has 0 radical (unpaired) electrons. The zero-order valence-electron chi connectivity index (χ0n) is 14.3. The fraction of sp³-hybridized carbons (Fsp3) is 0.250. The van der Waals surface area contributed by atoms with Crippen LogP contribution in [-0.2, 0) is 13.0 Å². The number of ether oxygens (including phenoxy) is 1. The Kier molecular flexibility index (Phi) is 6.13. The molecule has 0 aliphatic heterocycles. The van der Waals surface area contributed by atoms with Crippen LogP contribution < -0.4 is 4.74 Å². The molecule has 0 spiro atoms. The van der Waals surface area contributed by atoms with Gasteiger partial charge in [-0.25, -0.2) is 4.98 Å². The Balaban J connectivity index is 1.79. The zero-order valence-corrected chi connectivity index (χ0v) is 16.6. The normalized spacial score (nSPS) is 13.4. The predicted molar refractivity (Wildman–Crippen MR) is 107 cm³/mol. The molecule has 0 N–H and O–H groups in total. The second-order valence-corrected chi connectivity index (χ2v) is 7.77. The summed E-state index contributed by atoms with van der Waals surface area (Å²) in [6, 6.07) is 13.2. The molecule has 1 unspecified atom stereocenters. The van der Waals surface area contributed by atoms with E-state index in [0.717, 1.165) is 17.9 Å². The molecule has 0 bridgehead atoms. The maximum atomic E-state index is 6.34. The van der Waals surface area contributed by atoms with E-state index in [1.807, 2.05) is 35.0 Å². The molecule has 1 atom stereocenters. The molecule has 1 heterocycles. The number of nitrogens with zero attached hydrogens (tertiary/aromatic N) is 2. The number of imidazole rings is 1. The van der Waals surface area contributed by atoms with Crippen molar-refractivity contribution in [3.8, 4) is 5.75 Å². The third-order valence-corrected chi connectivity index (χ3v) is 4.96. The van der Waals surface area contributed by atoms with Crippen molar-refractivity contribution in [3.63, 3.8) is 0 Å². The first-order valence-electron chi connectivity index (χ1n) is 8.28. The van der Waals surface area contributed by atoms with Crippen molar-refractivity contribution in [1.29, 1.82) is 0 Å². The molecule has 26 heavy (non-hydrogen) atoms. The fourth-order valence-corrected chi connectivity index (χ4v) is 3.39. The summed E-state index contributed by atoms with van der Waals surface area (Å²) in [7, 11) is 0. The monoisotopic (exact) mass is 408 g/mol. The lowest BCUT2D eigenvalue weighted by Crippen LogP contribution is -2.38. The van der Waals surface area contributed by atoms with Crippen molar-refractivity contribution in [2.24, 2.45) is 0 Å². The van der Waals surface area contributed by atoms with Crippen molar-refractivity contribution in [1.82, 2.24) is 9.55 Å². The van der Waals surface area contributed by atoms with Gasteiger partial charge in [0.25, 0.3) is 0 Å². The van der Waals surface area contributed by atoms with Gasteiger partial charge in [0, 0.05) is 22.4 Å². The Labute approximate surface area is 168 Å². The minimum atomic E-state index is -0.474. The number of rotatable bonds is 7. The highest BCUT2D eigenvalue weighted by atomic mass is 35.5.